The first kappa shape index (κ1) is 16.5. The molecule has 0 bridgehead atoms. The molecule has 0 fully saturated rings. The molecule has 0 amide bonds. The van der Waals surface area contributed by atoms with Gasteiger partial charge < -0.3 is 15.2 Å². The molecule has 1 atom stereocenters. The van der Waals surface area contributed by atoms with Crippen molar-refractivity contribution >= 4 is 0 Å². The molecule has 22 heavy (non-hydrogen) atoms. The number of aryl methyl sites for hydroxylation is 3. The quantitative estimate of drug-likeness (QED) is 0.825. The Labute approximate surface area is 133 Å². The van der Waals surface area contributed by atoms with E-state index in [0.29, 0.717) is 13.2 Å². The van der Waals surface area contributed by atoms with Crippen LogP contribution in [0.15, 0.2) is 42.5 Å². The van der Waals surface area contributed by atoms with Crippen molar-refractivity contribution < 1.29 is 9.84 Å². The highest BCUT2D eigenvalue weighted by molar-refractivity contribution is 5.36. The summed E-state index contributed by atoms with van der Waals surface area (Å²) < 4.78 is 5.54. The molecule has 1 unspecified atom stereocenters. The fraction of sp³-hybridized carbons (Fsp3) is 0.368. The molecule has 0 heterocycles. The Morgan fingerprint density at radius 2 is 1.68 bits per heavy atom. The lowest BCUT2D eigenvalue weighted by molar-refractivity contribution is 0.106. The molecule has 2 N–H and O–H groups in total. The fourth-order valence-electron chi connectivity index (χ4n) is 2.35. The lowest BCUT2D eigenvalue weighted by atomic mass is 10.0. The summed E-state index contributed by atoms with van der Waals surface area (Å²) in [5.74, 6) is 0.784. The topological polar surface area (TPSA) is 41.5 Å². The van der Waals surface area contributed by atoms with Crippen molar-refractivity contribution in [3.63, 3.8) is 0 Å². The van der Waals surface area contributed by atoms with Crippen LogP contribution in [0.25, 0.3) is 0 Å². The van der Waals surface area contributed by atoms with Crippen LogP contribution in [0.4, 0.5) is 0 Å². The lowest BCUT2D eigenvalue weighted by Crippen LogP contribution is -2.31. The second kappa shape index (κ2) is 7.97. The first-order valence-corrected chi connectivity index (χ1v) is 7.69. The first-order chi connectivity index (χ1) is 10.6. The zero-order chi connectivity index (χ0) is 15.9. The number of benzene rings is 2. The Balaban J connectivity index is 1.75. The van der Waals surface area contributed by atoms with Gasteiger partial charge in [-0.05, 0) is 55.2 Å². The zero-order valence-corrected chi connectivity index (χ0v) is 13.6. The number of rotatable bonds is 7. The molecule has 0 aliphatic carbocycles. The van der Waals surface area contributed by atoms with Crippen molar-refractivity contribution in [1.82, 2.24) is 5.32 Å². The van der Waals surface area contributed by atoms with E-state index in [4.69, 9.17) is 4.74 Å². The van der Waals surface area contributed by atoms with Gasteiger partial charge in [-0.3, -0.25) is 0 Å². The molecule has 0 radical (unpaired) electrons. The summed E-state index contributed by atoms with van der Waals surface area (Å²) in [7, 11) is 0. The van der Waals surface area contributed by atoms with Crippen LogP contribution in [-0.4, -0.2) is 24.4 Å². The molecule has 2 aromatic rings. The maximum atomic E-state index is 9.97. The van der Waals surface area contributed by atoms with Crippen LogP contribution in [-0.2, 0) is 6.54 Å². The molecule has 0 saturated carbocycles. The summed E-state index contributed by atoms with van der Waals surface area (Å²) >= 11 is 0. The van der Waals surface area contributed by atoms with E-state index in [9.17, 15) is 5.11 Å². The minimum absolute atomic E-state index is 0.295. The predicted molar refractivity (Wildman–Crippen MR) is 90.3 cm³/mol. The third-order valence-corrected chi connectivity index (χ3v) is 3.83. The Kier molecular flexibility index (Phi) is 5.99. The largest absolute Gasteiger partial charge is 0.491 e. The average molecular weight is 299 g/mol. The minimum Gasteiger partial charge on any atom is -0.491 e. The molecule has 0 aliphatic heterocycles. The van der Waals surface area contributed by atoms with E-state index in [1.807, 2.05) is 30.3 Å². The van der Waals surface area contributed by atoms with E-state index < -0.39 is 6.10 Å². The number of aliphatic hydroxyl groups excluding tert-OH is 1. The fourth-order valence-corrected chi connectivity index (χ4v) is 2.35. The highest BCUT2D eigenvalue weighted by atomic mass is 16.5. The van der Waals surface area contributed by atoms with E-state index in [2.05, 4.69) is 38.2 Å². The van der Waals surface area contributed by atoms with Crippen molar-refractivity contribution in [3.05, 3.63) is 64.7 Å². The summed E-state index contributed by atoms with van der Waals surface area (Å²) in [4.78, 5) is 0. The standard InChI is InChI=1S/C19H25NO2/c1-14-9-16(3)17(10-15(14)2)11-20-12-18(21)13-22-19-7-5-4-6-8-19/h4-10,18,20-21H,11-13H2,1-3H3. The number of hydrogen-bond acceptors (Lipinski definition) is 3. The summed E-state index contributed by atoms with van der Waals surface area (Å²) in [5, 5.41) is 13.3. The van der Waals surface area contributed by atoms with Gasteiger partial charge >= 0.3 is 0 Å². The van der Waals surface area contributed by atoms with Gasteiger partial charge in [-0.25, -0.2) is 0 Å². The van der Waals surface area contributed by atoms with Crippen LogP contribution in [0.1, 0.15) is 22.3 Å². The second-order valence-electron chi connectivity index (χ2n) is 5.77. The maximum Gasteiger partial charge on any atom is 0.119 e. The molecule has 0 aliphatic rings. The number of nitrogens with one attached hydrogen (secondary N) is 1. The molecule has 2 rings (SSSR count). The molecule has 3 heteroatoms. The Bertz CT molecular complexity index is 596. The van der Waals surface area contributed by atoms with Crippen LogP contribution in [0, 0.1) is 20.8 Å². The highest BCUT2D eigenvalue weighted by Crippen LogP contribution is 2.15. The number of hydrogen-bond donors (Lipinski definition) is 2. The van der Waals surface area contributed by atoms with Gasteiger partial charge in [0.2, 0.25) is 0 Å². The molecule has 0 aromatic heterocycles. The SMILES string of the molecule is Cc1cc(C)c(CNCC(O)COc2ccccc2)cc1C. The highest BCUT2D eigenvalue weighted by Gasteiger charge is 2.06. The third-order valence-electron chi connectivity index (χ3n) is 3.83. The van der Waals surface area contributed by atoms with Gasteiger partial charge in [-0.1, -0.05) is 30.3 Å². The van der Waals surface area contributed by atoms with Gasteiger partial charge in [-0.2, -0.15) is 0 Å². The van der Waals surface area contributed by atoms with Gasteiger partial charge in [0.25, 0.3) is 0 Å². The molecule has 0 saturated heterocycles. The minimum atomic E-state index is -0.521. The Morgan fingerprint density at radius 1 is 1.00 bits per heavy atom. The summed E-state index contributed by atoms with van der Waals surface area (Å²) in [6, 6.07) is 14.0. The smallest absolute Gasteiger partial charge is 0.119 e. The van der Waals surface area contributed by atoms with Crippen LogP contribution in [0.5, 0.6) is 5.75 Å². The number of para-hydroxylation sites is 1. The van der Waals surface area contributed by atoms with Crippen molar-refractivity contribution in [2.75, 3.05) is 13.2 Å². The summed E-state index contributed by atoms with van der Waals surface area (Å²) in [5.41, 5.74) is 5.18. The molecule has 118 valence electrons. The van der Waals surface area contributed by atoms with E-state index in [0.717, 1.165) is 12.3 Å². The van der Waals surface area contributed by atoms with Crippen LogP contribution in [0.3, 0.4) is 0 Å². The second-order valence-corrected chi connectivity index (χ2v) is 5.77. The van der Waals surface area contributed by atoms with E-state index in [1.165, 1.54) is 22.3 Å². The van der Waals surface area contributed by atoms with E-state index in [1.54, 1.807) is 0 Å². The van der Waals surface area contributed by atoms with Gasteiger partial charge in [0.05, 0.1) is 0 Å². The van der Waals surface area contributed by atoms with Crippen molar-refractivity contribution in [2.45, 2.75) is 33.4 Å². The molecule has 0 spiro atoms. The van der Waals surface area contributed by atoms with Crippen molar-refractivity contribution in [1.29, 1.82) is 0 Å². The molecular weight excluding hydrogens is 274 g/mol. The van der Waals surface area contributed by atoms with Crippen LogP contribution in [0.2, 0.25) is 0 Å². The molecule has 2 aromatic carbocycles. The first-order valence-electron chi connectivity index (χ1n) is 7.69. The van der Waals surface area contributed by atoms with Crippen LogP contribution >= 0.6 is 0 Å². The Hall–Kier alpha value is -1.84. The maximum absolute atomic E-state index is 9.97. The van der Waals surface area contributed by atoms with E-state index >= 15 is 0 Å². The molecular formula is C19H25NO2. The van der Waals surface area contributed by atoms with Gasteiger partial charge in [0.15, 0.2) is 0 Å². The predicted octanol–water partition coefficient (Wildman–Crippen LogP) is 3.14. The van der Waals surface area contributed by atoms with Gasteiger partial charge in [-0.15, -0.1) is 0 Å². The summed E-state index contributed by atoms with van der Waals surface area (Å²) in [6.45, 7) is 7.95. The summed E-state index contributed by atoms with van der Waals surface area (Å²) in [6.07, 6.45) is -0.521. The Morgan fingerprint density at radius 3 is 2.41 bits per heavy atom. The number of ether oxygens (including phenoxy) is 1. The molecule has 3 nitrogen and oxygen atoms in total. The van der Waals surface area contributed by atoms with Gasteiger partial charge in [0, 0.05) is 13.1 Å². The van der Waals surface area contributed by atoms with Gasteiger partial charge in [0.1, 0.15) is 18.5 Å². The van der Waals surface area contributed by atoms with Crippen molar-refractivity contribution in [3.8, 4) is 5.75 Å². The lowest BCUT2D eigenvalue weighted by Gasteiger charge is -2.15. The third kappa shape index (κ3) is 4.86. The monoisotopic (exact) mass is 299 g/mol. The van der Waals surface area contributed by atoms with E-state index in [-0.39, 0.29) is 0 Å². The average Bonchev–Trinajstić information content (AvgIpc) is 2.51. The van der Waals surface area contributed by atoms with Crippen molar-refractivity contribution in [2.24, 2.45) is 0 Å². The normalized spacial score (nSPS) is 12.2. The number of aliphatic hydroxyl groups is 1. The zero-order valence-electron chi connectivity index (χ0n) is 13.6. The van der Waals surface area contributed by atoms with Crippen LogP contribution < -0.4 is 10.1 Å².